The van der Waals surface area contributed by atoms with E-state index in [1.807, 2.05) is 0 Å². The second kappa shape index (κ2) is 8.06. The Morgan fingerprint density at radius 2 is 1.78 bits per heavy atom. The molecule has 140 valence electrons. The lowest BCUT2D eigenvalue weighted by Gasteiger charge is -2.14. The highest BCUT2D eigenvalue weighted by atomic mass is 35.5. The van der Waals surface area contributed by atoms with Gasteiger partial charge in [0.25, 0.3) is 0 Å². The molecule has 0 saturated carbocycles. The molecule has 1 aromatic heterocycles. The summed E-state index contributed by atoms with van der Waals surface area (Å²) in [7, 11) is 0. The van der Waals surface area contributed by atoms with E-state index in [4.69, 9.17) is 23.2 Å². The van der Waals surface area contributed by atoms with Gasteiger partial charge < -0.3 is 5.32 Å². The van der Waals surface area contributed by atoms with Crippen molar-refractivity contribution < 1.29 is 14.4 Å². The van der Waals surface area contributed by atoms with Gasteiger partial charge in [-0.15, -0.1) is 0 Å². The molecule has 6 nitrogen and oxygen atoms in total. The maximum atomic E-state index is 12.3. The predicted octanol–water partition coefficient (Wildman–Crippen LogP) is 3.53. The van der Waals surface area contributed by atoms with Crippen molar-refractivity contribution in [3.05, 3.63) is 57.3 Å². The second-order valence-electron chi connectivity index (χ2n) is 6.31. The minimum atomic E-state index is -0.276. The van der Waals surface area contributed by atoms with Crippen molar-refractivity contribution in [2.24, 2.45) is 0 Å². The predicted molar refractivity (Wildman–Crippen MR) is 103 cm³/mol. The number of imide groups is 1. The van der Waals surface area contributed by atoms with Crippen LogP contribution < -0.4 is 5.32 Å². The number of aryl methyl sites for hydroxylation is 1. The Labute approximate surface area is 166 Å². The number of rotatable bonds is 5. The number of nitrogens with one attached hydrogen (secondary N) is 1. The molecular weight excluding hydrogens is 389 g/mol. The van der Waals surface area contributed by atoms with Crippen LogP contribution in [0.1, 0.15) is 29.7 Å². The summed E-state index contributed by atoms with van der Waals surface area (Å²) in [5.74, 6) is -0.585. The summed E-state index contributed by atoms with van der Waals surface area (Å²) in [4.78, 5) is 41.0. The molecule has 3 amide bonds. The van der Waals surface area contributed by atoms with Crippen LogP contribution in [0.4, 0.5) is 5.69 Å². The molecule has 1 aromatic carbocycles. The molecule has 1 N–H and O–H groups in total. The van der Waals surface area contributed by atoms with E-state index in [1.54, 1.807) is 37.3 Å². The first-order valence-electron chi connectivity index (χ1n) is 8.37. The van der Waals surface area contributed by atoms with Crippen LogP contribution in [0.5, 0.6) is 0 Å². The number of carbonyl (C=O) groups is 3. The highest BCUT2D eigenvalue weighted by Gasteiger charge is 2.28. The van der Waals surface area contributed by atoms with Gasteiger partial charge >= 0.3 is 0 Å². The summed E-state index contributed by atoms with van der Waals surface area (Å²) in [5, 5.41) is 3.38. The van der Waals surface area contributed by atoms with Crippen LogP contribution in [-0.2, 0) is 27.3 Å². The molecule has 8 heteroatoms. The minimum absolute atomic E-state index is 0.00345. The van der Waals surface area contributed by atoms with Crippen molar-refractivity contribution >= 4 is 46.6 Å². The normalized spacial score (nSPS) is 14.0. The largest absolute Gasteiger partial charge is 0.326 e. The second-order valence-corrected chi connectivity index (χ2v) is 7.08. The molecule has 3 rings (SSSR count). The van der Waals surface area contributed by atoms with E-state index in [1.165, 1.54) is 4.90 Å². The Bertz CT molecular complexity index is 874. The zero-order valence-corrected chi connectivity index (χ0v) is 16.1. The number of anilines is 1. The number of aromatic nitrogens is 1. The average Bonchev–Trinajstić information content (AvgIpc) is 2.92. The number of pyridine rings is 1. The Hall–Kier alpha value is -2.44. The summed E-state index contributed by atoms with van der Waals surface area (Å²) in [6, 6.07) is 8.62. The number of hydrogen-bond acceptors (Lipinski definition) is 4. The molecule has 1 saturated heterocycles. The van der Waals surface area contributed by atoms with Crippen LogP contribution in [0, 0.1) is 6.92 Å². The fraction of sp³-hybridized carbons (Fsp3) is 0.263. The molecule has 0 atom stereocenters. The molecule has 1 aliphatic rings. The monoisotopic (exact) mass is 405 g/mol. The fourth-order valence-electron chi connectivity index (χ4n) is 2.82. The van der Waals surface area contributed by atoms with Gasteiger partial charge in [0.15, 0.2) is 0 Å². The van der Waals surface area contributed by atoms with Crippen LogP contribution in [0.2, 0.25) is 10.2 Å². The summed E-state index contributed by atoms with van der Waals surface area (Å²) in [6.07, 6.45) is 0.543. The molecule has 2 aromatic rings. The number of benzene rings is 1. The lowest BCUT2D eigenvalue weighted by atomic mass is 10.1. The average molecular weight is 406 g/mol. The van der Waals surface area contributed by atoms with E-state index >= 15 is 0 Å². The van der Waals surface area contributed by atoms with E-state index < -0.39 is 0 Å². The number of amides is 3. The Kier molecular flexibility index (Phi) is 5.77. The maximum Gasteiger partial charge on any atom is 0.229 e. The van der Waals surface area contributed by atoms with Crippen molar-refractivity contribution in [3.8, 4) is 0 Å². The van der Waals surface area contributed by atoms with Crippen LogP contribution in [0.15, 0.2) is 30.3 Å². The van der Waals surface area contributed by atoms with Gasteiger partial charge in [0.1, 0.15) is 5.15 Å². The van der Waals surface area contributed by atoms with Crippen molar-refractivity contribution in [3.63, 3.8) is 0 Å². The number of likely N-dealkylation sites (tertiary alicyclic amines) is 1. The van der Waals surface area contributed by atoms with Crippen LogP contribution in [0.3, 0.4) is 0 Å². The molecule has 0 radical (unpaired) electrons. The van der Waals surface area contributed by atoms with E-state index in [-0.39, 0.29) is 48.7 Å². The van der Waals surface area contributed by atoms with E-state index in [9.17, 15) is 14.4 Å². The Morgan fingerprint density at radius 3 is 2.37 bits per heavy atom. The summed E-state index contributed by atoms with van der Waals surface area (Å²) in [6.45, 7) is 2.01. The van der Waals surface area contributed by atoms with Gasteiger partial charge in [-0.25, -0.2) is 4.98 Å². The third-order valence-electron chi connectivity index (χ3n) is 4.22. The molecule has 2 heterocycles. The summed E-state index contributed by atoms with van der Waals surface area (Å²) in [5.41, 5.74) is 2.56. The van der Waals surface area contributed by atoms with E-state index in [2.05, 4.69) is 10.3 Å². The molecule has 0 bridgehead atoms. The van der Waals surface area contributed by atoms with E-state index in [0.717, 1.165) is 5.56 Å². The first-order valence-corrected chi connectivity index (χ1v) is 9.12. The first kappa shape index (κ1) is 19.3. The Balaban J connectivity index is 1.62. The van der Waals surface area contributed by atoms with Crippen LogP contribution in [-0.4, -0.2) is 27.6 Å². The van der Waals surface area contributed by atoms with E-state index in [0.29, 0.717) is 22.0 Å². The molecule has 0 aliphatic carbocycles. The van der Waals surface area contributed by atoms with Gasteiger partial charge in [-0.05, 0) is 30.7 Å². The first-order chi connectivity index (χ1) is 12.8. The van der Waals surface area contributed by atoms with Crippen LogP contribution in [0.25, 0.3) is 0 Å². The maximum absolute atomic E-state index is 12.3. The third-order valence-corrected chi connectivity index (χ3v) is 4.87. The topological polar surface area (TPSA) is 79.4 Å². The highest BCUT2D eigenvalue weighted by Crippen LogP contribution is 2.25. The highest BCUT2D eigenvalue weighted by molar-refractivity contribution is 6.35. The molecule has 0 unspecified atom stereocenters. The quantitative estimate of drug-likeness (QED) is 0.609. The van der Waals surface area contributed by atoms with Gasteiger partial charge in [0.2, 0.25) is 17.7 Å². The van der Waals surface area contributed by atoms with Gasteiger partial charge in [0.05, 0.1) is 13.0 Å². The SMILES string of the molecule is Cc1cc(Cl)c(CC(=O)Nc2ccc(CN3C(=O)CCC3=O)cc2)c(Cl)n1. The number of carbonyl (C=O) groups excluding carboxylic acids is 3. The lowest BCUT2D eigenvalue weighted by Crippen LogP contribution is -2.28. The van der Waals surface area contributed by atoms with Gasteiger partial charge in [0, 0.05) is 34.8 Å². The fourth-order valence-corrected chi connectivity index (χ4v) is 3.49. The van der Waals surface area contributed by atoms with Crippen molar-refractivity contribution in [1.82, 2.24) is 9.88 Å². The van der Waals surface area contributed by atoms with Crippen molar-refractivity contribution in [1.29, 1.82) is 0 Å². The minimum Gasteiger partial charge on any atom is -0.326 e. The molecule has 1 aliphatic heterocycles. The molecule has 1 fully saturated rings. The standard InChI is InChI=1S/C19H17Cl2N3O3/c1-11-8-15(20)14(19(21)22-11)9-16(25)23-13-4-2-12(3-5-13)10-24-17(26)6-7-18(24)27/h2-5,8H,6-7,9-10H2,1H3,(H,23,25). The summed E-state index contributed by atoms with van der Waals surface area (Å²) >= 11 is 12.2. The van der Waals surface area contributed by atoms with Gasteiger partial charge in [-0.2, -0.15) is 0 Å². The van der Waals surface area contributed by atoms with Gasteiger partial charge in [-0.1, -0.05) is 35.3 Å². The summed E-state index contributed by atoms with van der Waals surface area (Å²) < 4.78 is 0. The number of hydrogen-bond donors (Lipinski definition) is 1. The lowest BCUT2D eigenvalue weighted by molar-refractivity contribution is -0.139. The Morgan fingerprint density at radius 1 is 1.15 bits per heavy atom. The number of halogens is 2. The zero-order chi connectivity index (χ0) is 19.6. The molecule has 27 heavy (non-hydrogen) atoms. The zero-order valence-electron chi connectivity index (χ0n) is 14.6. The van der Waals surface area contributed by atoms with Crippen molar-refractivity contribution in [2.75, 3.05) is 5.32 Å². The molecule has 0 spiro atoms. The van der Waals surface area contributed by atoms with Crippen molar-refractivity contribution in [2.45, 2.75) is 32.7 Å². The molecular formula is C19H17Cl2N3O3. The third kappa shape index (κ3) is 4.64. The van der Waals surface area contributed by atoms with Gasteiger partial charge in [-0.3, -0.25) is 19.3 Å². The van der Waals surface area contributed by atoms with Crippen LogP contribution >= 0.6 is 23.2 Å². The smallest absolute Gasteiger partial charge is 0.229 e. The number of nitrogens with zero attached hydrogens (tertiary/aromatic N) is 2.